The van der Waals surface area contributed by atoms with Gasteiger partial charge in [-0.3, -0.25) is 4.79 Å². The van der Waals surface area contributed by atoms with Gasteiger partial charge in [0.2, 0.25) is 5.91 Å². The molecule has 3 rings (SSSR count). The maximum Gasteiger partial charge on any atom is 0.220 e. The molecule has 4 nitrogen and oxygen atoms in total. The standard InChI is InChI=1S/C19H29N3O/c1-15(22-13-10-17-4-2-3-5-18(17)22)14-21-19(23)7-6-16-8-11-20-12-9-16/h2-5,15-16,20H,6-14H2,1H3,(H,21,23). The summed E-state index contributed by atoms with van der Waals surface area (Å²) < 4.78 is 0. The number of anilines is 1. The molecule has 0 radical (unpaired) electrons. The Morgan fingerprint density at radius 3 is 2.96 bits per heavy atom. The molecule has 2 N–H and O–H groups in total. The second-order valence-electron chi connectivity index (χ2n) is 6.96. The summed E-state index contributed by atoms with van der Waals surface area (Å²) in [5, 5.41) is 6.51. The van der Waals surface area contributed by atoms with Crippen molar-refractivity contribution < 1.29 is 4.79 Å². The molecule has 0 aliphatic carbocycles. The SMILES string of the molecule is CC(CNC(=O)CCC1CCNCC1)N1CCc2ccccc21. The molecule has 1 amide bonds. The summed E-state index contributed by atoms with van der Waals surface area (Å²) >= 11 is 0. The third-order valence-corrected chi connectivity index (χ3v) is 5.29. The van der Waals surface area contributed by atoms with Crippen LogP contribution in [0.25, 0.3) is 0 Å². The first-order valence-electron chi connectivity index (χ1n) is 9.06. The Bertz CT molecular complexity index is 525. The van der Waals surface area contributed by atoms with Crippen LogP contribution in [-0.4, -0.2) is 38.1 Å². The Labute approximate surface area is 139 Å². The van der Waals surface area contributed by atoms with E-state index in [1.807, 2.05) is 0 Å². The fourth-order valence-electron chi connectivity index (χ4n) is 3.79. The van der Waals surface area contributed by atoms with Gasteiger partial charge >= 0.3 is 0 Å². The molecule has 0 bridgehead atoms. The van der Waals surface area contributed by atoms with Gasteiger partial charge in [0, 0.05) is 31.2 Å². The minimum Gasteiger partial charge on any atom is -0.366 e. The Morgan fingerprint density at radius 2 is 2.13 bits per heavy atom. The molecule has 2 aliphatic heterocycles. The van der Waals surface area contributed by atoms with Gasteiger partial charge in [0.25, 0.3) is 0 Å². The molecule has 1 saturated heterocycles. The zero-order valence-electron chi connectivity index (χ0n) is 14.2. The summed E-state index contributed by atoms with van der Waals surface area (Å²) in [6.45, 7) is 6.22. The quantitative estimate of drug-likeness (QED) is 0.847. The number of carbonyl (C=O) groups excluding carboxylic acids is 1. The van der Waals surface area contributed by atoms with E-state index in [0.29, 0.717) is 12.5 Å². The first-order valence-corrected chi connectivity index (χ1v) is 9.06. The van der Waals surface area contributed by atoms with E-state index in [2.05, 4.69) is 46.7 Å². The number of para-hydroxylation sites is 1. The molecule has 1 aromatic carbocycles. The first kappa shape index (κ1) is 16.3. The van der Waals surface area contributed by atoms with Crippen molar-refractivity contribution in [2.45, 2.75) is 45.1 Å². The van der Waals surface area contributed by atoms with E-state index in [9.17, 15) is 4.79 Å². The molecule has 2 aliphatic rings. The lowest BCUT2D eigenvalue weighted by atomic mass is 9.93. The number of nitrogens with one attached hydrogen (secondary N) is 2. The number of piperidine rings is 1. The third kappa shape index (κ3) is 4.25. The van der Waals surface area contributed by atoms with Crippen LogP contribution in [-0.2, 0) is 11.2 Å². The van der Waals surface area contributed by atoms with Crippen LogP contribution < -0.4 is 15.5 Å². The first-order chi connectivity index (χ1) is 11.2. The van der Waals surface area contributed by atoms with E-state index in [-0.39, 0.29) is 5.91 Å². The van der Waals surface area contributed by atoms with E-state index in [1.54, 1.807) is 0 Å². The molecular formula is C19H29N3O. The number of fused-ring (bicyclic) bond motifs is 1. The Balaban J connectivity index is 1.40. The smallest absolute Gasteiger partial charge is 0.220 e. The third-order valence-electron chi connectivity index (χ3n) is 5.29. The van der Waals surface area contributed by atoms with Crippen molar-refractivity contribution >= 4 is 11.6 Å². The number of nitrogens with zero attached hydrogens (tertiary/aromatic N) is 1. The van der Waals surface area contributed by atoms with Crippen molar-refractivity contribution in [3.63, 3.8) is 0 Å². The number of hydrogen-bond donors (Lipinski definition) is 2. The molecule has 0 aromatic heterocycles. The summed E-state index contributed by atoms with van der Waals surface area (Å²) in [7, 11) is 0. The molecule has 23 heavy (non-hydrogen) atoms. The lowest BCUT2D eigenvalue weighted by Crippen LogP contribution is -2.41. The van der Waals surface area contributed by atoms with Gasteiger partial charge in [0.15, 0.2) is 0 Å². The largest absolute Gasteiger partial charge is 0.366 e. The van der Waals surface area contributed by atoms with Gasteiger partial charge in [-0.25, -0.2) is 0 Å². The van der Waals surface area contributed by atoms with Crippen molar-refractivity contribution in [2.75, 3.05) is 31.1 Å². The topological polar surface area (TPSA) is 44.4 Å². The predicted octanol–water partition coefficient (Wildman–Crippen LogP) is 2.33. The van der Waals surface area contributed by atoms with Crippen molar-refractivity contribution in [1.82, 2.24) is 10.6 Å². The number of benzene rings is 1. The highest BCUT2D eigenvalue weighted by molar-refractivity contribution is 5.76. The lowest BCUT2D eigenvalue weighted by Gasteiger charge is -2.27. The average molecular weight is 315 g/mol. The monoisotopic (exact) mass is 315 g/mol. The molecule has 2 heterocycles. The van der Waals surface area contributed by atoms with Gasteiger partial charge in [-0.2, -0.15) is 0 Å². The summed E-state index contributed by atoms with van der Waals surface area (Å²) in [4.78, 5) is 14.5. The van der Waals surface area contributed by atoms with Gasteiger partial charge in [0.1, 0.15) is 0 Å². The van der Waals surface area contributed by atoms with E-state index in [0.717, 1.165) is 44.9 Å². The van der Waals surface area contributed by atoms with Crippen LogP contribution in [0.15, 0.2) is 24.3 Å². The van der Waals surface area contributed by atoms with Crippen LogP contribution in [0, 0.1) is 5.92 Å². The molecule has 0 saturated carbocycles. The van der Waals surface area contributed by atoms with Crippen LogP contribution in [0.5, 0.6) is 0 Å². The van der Waals surface area contributed by atoms with Crippen molar-refractivity contribution in [3.8, 4) is 0 Å². The van der Waals surface area contributed by atoms with Crippen LogP contribution in [0.2, 0.25) is 0 Å². The summed E-state index contributed by atoms with van der Waals surface area (Å²) in [5.41, 5.74) is 2.76. The highest BCUT2D eigenvalue weighted by atomic mass is 16.1. The maximum absolute atomic E-state index is 12.1. The van der Waals surface area contributed by atoms with Crippen LogP contribution in [0.4, 0.5) is 5.69 Å². The summed E-state index contributed by atoms with van der Waals surface area (Å²) in [6, 6.07) is 8.95. The van der Waals surface area contributed by atoms with Gasteiger partial charge < -0.3 is 15.5 Å². The molecular weight excluding hydrogens is 286 g/mol. The second-order valence-corrected chi connectivity index (χ2v) is 6.96. The molecule has 1 aromatic rings. The fraction of sp³-hybridized carbons (Fsp3) is 0.632. The number of hydrogen-bond acceptors (Lipinski definition) is 3. The van der Waals surface area contributed by atoms with E-state index in [4.69, 9.17) is 0 Å². The molecule has 1 atom stereocenters. The zero-order chi connectivity index (χ0) is 16.1. The van der Waals surface area contributed by atoms with Crippen molar-refractivity contribution in [1.29, 1.82) is 0 Å². The molecule has 4 heteroatoms. The molecule has 1 unspecified atom stereocenters. The zero-order valence-corrected chi connectivity index (χ0v) is 14.2. The van der Waals surface area contributed by atoms with Gasteiger partial charge in [-0.1, -0.05) is 18.2 Å². The molecule has 1 fully saturated rings. The molecule has 126 valence electrons. The predicted molar refractivity (Wildman–Crippen MR) is 94.8 cm³/mol. The minimum absolute atomic E-state index is 0.211. The molecule has 0 spiro atoms. The highest BCUT2D eigenvalue weighted by Gasteiger charge is 2.23. The normalized spacial score (nSPS) is 19.4. The average Bonchev–Trinajstić information content (AvgIpc) is 3.03. The van der Waals surface area contributed by atoms with E-state index >= 15 is 0 Å². The van der Waals surface area contributed by atoms with E-state index < -0.39 is 0 Å². The highest BCUT2D eigenvalue weighted by Crippen LogP contribution is 2.28. The van der Waals surface area contributed by atoms with Gasteiger partial charge in [-0.15, -0.1) is 0 Å². The van der Waals surface area contributed by atoms with Gasteiger partial charge in [-0.05, 0) is 63.2 Å². The van der Waals surface area contributed by atoms with Crippen LogP contribution in [0.3, 0.4) is 0 Å². The second kappa shape index (κ2) is 7.82. The Morgan fingerprint density at radius 1 is 1.35 bits per heavy atom. The summed E-state index contributed by atoms with van der Waals surface area (Å²) in [5.74, 6) is 0.938. The van der Waals surface area contributed by atoms with Crippen LogP contribution in [0.1, 0.15) is 38.2 Å². The van der Waals surface area contributed by atoms with Gasteiger partial charge in [0.05, 0.1) is 0 Å². The lowest BCUT2D eigenvalue weighted by molar-refractivity contribution is -0.121. The number of rotatable bonds is 6. The minimum atomic E-state index is 0.211. The Hall–Kier alpha value is -1.55. The number of amides is 1. The van der Waals surface area contributed by atoms with Crippen LogP contribution >= 0.6 is 0 Å². The summed E-state index contributed by atoms with van der Waals surface area (Å²) in [6.07, 6.45) is 5.26. The number of carbonyl (C=O) groups is 1. The van der Waals surface area contributed by atoms with Crippen molar-refractivity contribution in [3.05, 3.63) is 29.8 Å². The van der Waals surface area contributed by atoms with E-state index in [1.165, 1.54) is 24.1 Å². The maximum atomic E-state index is 12.1. The van der Waals surface area contributed by atoms with Crippen molar-refractivity contribution in [2.24, 2.45) is 5.92 Å². The Kier molecular flexibility index (Phi) is 5.55. The fourth-order valence-corrected chi connectivity index (χ4v) is 3.79.